The molecule has 1 aromatic carbocycles. The summed E-state index contributed by atoms with van der Waals surface area (Å²) in [7, 11) is 0. The maximum atomic E-state index is 12.1. The second-order valence-corrected chi connectivity index (χ2v) is 6.25. The largest absolute Gasteiger partial charge is 0.444 e. The van der Waals surface area contributed by atoms with Gasteiger partial charge in [-0.25, -0.2) is 4.79 Å². The van der Waals surface area contributed by atoms with Crippen LogP contribution in [0, 0.1) is 0 Å². The molecule has 0 aliphatic carbocycles. The summed E-state index contributed by atoms with van der Waals surface area (Å²) in [6.45, 7) is 7.82. The number of rotatable bonds is 0. The molecule has 4 heteroatoms. The molecule has 1 amide bonds. The van der Waals surface area contributed by atoms with Crippen LogP contribution in [-0.4, -0.2) is 27.7 Å². The number of hydrogen-bond acceptors (Lipinski definition) is 2. The number of ether oxygens (including phenoxy) is 1. The number of carbonyl (C=O) groups excluding carboxylic acids is 1. The van der Waals surface area contributed by atoms with E-state index < -0.39 is 5.60 Å². The molecule has 106 valence electrons. The zero-order chi connectivity index (χ0) is 14.3. The summed E-state index contributed by atoms with van der Waals surface area (Å²) in [5.41, 5.74) is 1.97. The molecule has 0 saturated carbocycles. The SMILES string of the molecule is CC(C)(C)OC(=O)N1CCn2c(cc3ccccc32)C1. The van der Waals surface area contributed by atoms with Crippen molar-refractivity contribution in [2.45, 2.75) is 39.5 Å². The van der Waals surface area contributed by atoms with Crippen molar-refractivity contribution in [1.29, 1.82) is 0 Å². The van der Waals surface area contributed by atoms with Crippen molar-refractivity contribution in [1.82, 2.24) is 9.47 Å². The minimum atomic E-state index is -0.443. The molecule has 1 aliphatic rings. The van der Waals surface area contributed by atoms with Crippen molar-refractivity contribution >= 4 is 17.0 Å². The third-order valence-corrected chi connectivity index (χ3v) is 3.49. The Kier molecular flexibility index (Phi) is 2.96. The quantitative estimate of drug-likeness (QED) is 0.736. The van der Waals surface area contributed by atoms with Gasteiger partial charge < -0.3 is 14.2 Å². The van der Waals surface area contributed by atoms with Gasteiger partial charge in [0.1, 0.15) is 5.60 Å². The molecule has 0 saturated heterocycles. The van der Waals surface area contributed by atoms with Crippen molar-refractivity contribution in [2.24, 2.45) is 0 Å². The molecule has 0 N–H and O–H groups in total. The molecular weight excluding hydrogens is 252 g/mol. The van der Waals surface area contributed by atoms with Crippen LogP contribution in [0.3, 0.4) is 0 Å². The van der Waals surface area contributed by atoms with Crippen molar-refractivity contribution in [3.05, 3.63) is 36.0 Å². The summed E-state index contributed by atoms with van der Waals surface area (Å²) in [4.78, 5) is 13.9. The molecule has 0 spiro atoms. The Bertz CT molecular complexity index is 652. The van der Waals surface area contributed by atoms with E-state index in [1.165, 1.54) is 16.6 Å². The van der Waals surface area contributed by atoms with Crippen LogP contribution in [0.15, 0.2) is 30.3 Å². The van der Waals surface area contributed by atoms with Gasteiger partial charge in [0.05, 0.1) is 6.54 Å². The average Bonchev–Trinajstić information content (AvgIpc) is 2.74. The smallest absolute Gasteiger partial charge is 0.410 e. The van der Waals surface area contributed by atoms with Gasteiger partial charge >= 0.3 is 6.09 Å². The molecular formula is C16H20N2O2. The molecule has 1 aromatic heterocycles. The predicted molar refractivity (Wildman–Crippen MR) is 78.6 cm³/mol. The third kappa shape index (κ3) is 2.38. The third-order valence-electron chi connectivity index (χ3n) is 3.49. The normalized spacial score (nSPS) is 15.2. The monoisotopic (exact) mass is 272 g/mol. The fraction of sp³-hybridized carbons (Fsp3) is 0.438. The molecule has 0 fully saturated rings. The fourth-order valence-corrected chi connectivity index (χ4v) is 2.64. The maximum absolute atomic E-state index is 12.1. The summed E-state index contributed by atoms with van der Waals surface area (Å²) < 4.78 is 7.73. The number of fused-ring (bicyclic) bond motifs is 3. The van der Waals surface area contributed by atoms with E-state index in [1.807, 2.05) is 26.8 Å². The van der Waals surface area contributed by atoms with Gasteiger partial charge in [-0.05, 0) is 38.3 Å². The zero-order valence-corrected chi connectivity index (χ0v) is 12.2. The zero-order valence-electron chi connectivity index (χ0n) is 12.2. The Balaban J connectivity index is 1.84. The highest BCUT2D eigenvalue weighted by Gasteiger charge is 2.26. The van der Waals surface area contributed by atoms with Crippen LogP contribution in [0.4, 0.5) is 4.79 Å². The Morgan fingerprint density at radius 1 is 1.20 bits per heavy atom. The van der Waals surface area contributed by atoms with Crippen LogP contribution in [0.25, 0.3) is 10.9 Å². The first-order valence-electron chi connectivity index (χ1n) is 6.99. The summed E-state index contributed by atoms with van der Waals surface area (Å²) in [6, 6.07) is 10.5. The van der Waals surface area contributed by atoms with Gasteiger partial charge in [0.2, 0.25) is 0 Å². The standard InChI is InChI=1S/C16H20N2O2/c1-16(2,3)20-15(19)17-8-9-18-13(11-17)10-12-6-4-5-7-14(12)18/h4-7,10H,8-9,11H2,1-3H3. The Hall–Kier alpha value is -1.97. The second kappa shape index (κ2) is 4.54. The first-order valence-corrected chi connectivity index (χ1v) is 6.99. The topological polar surface area (TPSA) is 34.5 Å². The lowest BCUT2D eigenvalue weighted by Gasteiger charge is -2.31. The molecule has 3 rings (SSSR count). The van der Waals surface area contributed by atoms with Crippen molar-refractivity contribution in [3.8, 4) is 0 Å². The van der Waals surface area contributed by atoms with Crippen molar-refractivity contribution in [2.75, 3.05) is 6.54 Å². The van der Waals surface area contributed by atoms with E-state index in [4.69, 9.17) is 4.74 Å². The number of amides is 1. The van der Waals surface area contributed by atoms with Gasteiger partial charge in [-0.15, -0.1) is 0 Å². The van der Waals surface area contributed by atoms with E-state index in [1.54, 1.807) is 4.90 Å². The minimum Gasteiger partial charge on any atom is -0.444 e. The van der Waals surface area contributed by atoms with Gasteiger partial charge in [-0.2, -0.15) is 0 Å². The molecule has 20 heavy (non-hydrogen) atoms. The lowest BCUT2D eigenvalue weighted by molar-refractivity contribution is 0.0200. The van der Waals surface area contributed by atoms with E-state index >= 15 is 0 Å². The van der Waals surface area contributed by atoms with Crippen LogP contribution in [0.5, 0.6) is 0 Å². The Labute approximate surface area is 118 Å². The van der Waals surface area contributed by atoms with Crippen molar-refractivity contribution in [3.63, 3.8) is 0 Å². The lowest BCUT2D eigenvalue weighted by atomic mass is 10.2. The number of carbonyl (C=O) groups is 1. The molecule has 0 atom stereocenters. The first kappa shape index (κ1) is 13.0. The van der Waals surface area contributed by atoms with Crippen LogP contribution < -0.4 is 0 Å². The van der Waals surface area contributed by atoms with Crippen molar-refractivity contribution < 1.29 is 9.53 Å². The van der Waals surface area contributed by atoms with Crippen LogP contribution in [0.2, 0.25) is 0 Å². The van der Waals surface area contributed by atoms with E-state index in [0.717, 1.165) is 6.54 Å². The summed E-state index contributed by atoms with van der Waals surface area (Å²) in [6.07, 6.45) is -0.228. The van der Waals surface area contributed by atoms with E-state index in [0.29, 0.717) is 13.1 Å². The molecule has 2 aromatic rings. The highest BCUT2D eigenvalue weighted by Crippen LogP contribution is 2.24. The summed E-state index contributed by atoms with van der Waals surface area (Å²) >= 11 is 0. The molecule has 1 aliphatic heterocycles. The Morgan fingerprint density at radius 3 is 2.70 bits per heavy atom. The van der Waals surface area contributed by atoms with E-state index in [-0.39, 0.29) is 6.09 Å². The second-order valence-electron chi connectivity index (χ2n) is 6.25. The van der Waals surface area contributed by atoms with Gasteiger partial charge in [0.15, 0.2) is 0 Å². The number of aromatic nitrogens is 1. The van der Waals surface area contributed by atoms with Gasteiger partial charge in [0.25, 0.3) is 0 Å². The first-order chi connectivity index (χ1) is 9.44. The van der Waals surface area contributed by atoms with E-state index in [2.05, 4.69) is 28.8 Å². The van der Waals surface area contributed by atoms with Crippen LogP contribution in [0.1, 0.15) is 26.5 Å². The lowest BCUT2D eigenvalue weighted by Crippen LogP contribution is -2.41. The van der Waals surface area contributed by atoms with Crippen LogP contribution in [-0.2, 0) is 17.8 Å². The minimum absolute atomic E-state index is 0.228. The molecule has 4 nitrogen and oxygen atoms in total. The molecule has 2 heterocycles. The average molecular weight is 272 g/mol. The molecule has 0 radical (unpaired) electrons. The highest BCUT2D eigenvalue weighted by molar-refractivity contribution is 5.81. The summed E-state index contributed by atoms with van der Waals surface area (Å²) in [5, 5.41) is 1.23. The fourth-order valence-electron chi connectivity index (χ4n) is 2.64. The summed E-state index contributed by atoms with van der Waals surface area (Å²) in [5.74, 6) is 0. The number of hydrogen-bond donors (Lipinski definition) is 0. The predicted octanol–water partition coefficient (Wildman–Crippen LogP) is 3.39. The van der Waals surface area contributed by atoms with Crippen LogP contribution >= 0.6 is 0 Å². The molecule has 0 unspecified atom stereocenters. The number of nitrogens with zero attached hydrogens (tertiary/aromatic N) is 2. The Morgan fingerprint density at radius 2 is 1.95 bits per heavy atom. The highest BCUT2D eigenvalue weighted by atomic mass is 16.6. The molecule has 0 bridgehead atoms. The number of para-hydroxylation sites is 1. The van der Waals surface area contributed by atoms with Gasteiger partial charge in [-0.1, -0.05) is 18.2 Å². The number of benzene rings is 1. The van der Waals surface area contributed by atoms with Gasteiger partial charge in [-0.3, -0.25) is 0 Å². The maximum Gasteiger partial charge on any atom is 0.410 e. The van der Waals surface area contributed by atoms with E-state index in [9.17, 15) is 4.79 Å². The van der Waals surface area contributed by atoms with Gasteiger partial charge in [0, 0.05) is 24.3 Å².